The van der Waals surface area contributed by atoms with Crippen LogP contribution in [0.1, 0.15) is 36.0 Å². The highest BCUT2D eigenvalue weighted by molar-refractivity contribution is 5.85. The van der Waals surface area contributed by atoms with Crippen LogP contribution in [0.5, 0.6) is 0 Å². The summed E-state index contributed by atoms with van der Waals surface area (Å²) in [7, 11) is 0. The van der Waals surface area contributed by atoms with Crippen LogP contribution in [0.15, 0.2) is 18.2 Å². The summed E-state index contributed by atoms with van der Waals surface area (Å²) >= 11 is 0. The monoisotopic (exact) mass is 252 g/mol. The highest BCUT2D eigenvalue weighted by Gasteiger charge is 1.97. The number of benzene rings is 1. The third-order valence-electron chi connectivity index (χ3n) is 2.71. The lowest BCUT2D eigenvalue weighted by atomic mass is 10.1. The van der Waals surface area contributed by atoms with Gasteiger partial charge in [-0.2, -0.15) is 5.26 Å². The Balaban J connectivity index is 0.00000256. The van der Waals surface area contributed by atoms with Crippen LogP contribution in [-0.2, 0) is 6.54 Å². The molecule has 1 N–H and O–H groups in total. The molecule has 17 heavy (non-hydrogen) atoms. The Labute approximate surface area is 110 Å². The Morgan fingerprint density at radius 2 is 2.00 bits per heavy atom. The lowest BCUT2D eigenvalue weighted by molar-refractivity contribution is 0.627. The maximum Gasteiger partial charge on any atom is 0.0621 e. The molecule has 0 aliphatic carbocycles. The van der Waals surface area contributed by atoms with Crippen molar-refractivity contribution >= 4 is 12.4 Å². The first-order valence-electron chi connectivity index (χ1n) is 5.88. The predicted octanol–water partition coefficient (Wildman–Crippen LogP) is 3.51. The molecule has 3 heteroatoms. The van der Waals surface area contributed by atoms with E-state index in [0.717, 1.165) is 25.9 Å². The molecule has 0 saturated carbocycles. The summed E-state index contributed by atoms with van der Waals surface area (Å²) < 4.78 is 0. The first-order chi connectivity index (χ1) is 7.74. The van der Waals surface area contributed by atoms with Gasteiger partial charge in [-0.3, -0.25) is 0 Å². The maximum absolute atomic E-state index is 8.39. The molecular weight excluding hydrogens is 232 g/mol. The number of nitrogens with one attached hydrogen (secondary N) is 1. The van der Waals surface area contributed by atoms with Crippen LogP contribution in [0.4, 0.5) is 0 Å². The Bertz CT molecular complexity index is 369. The minimum Gasteiger partial charge on any atom is -0.313 e. The number of rotatable bonds is 6. The average molecular weight is 253 g/mol. The Morgan fingerprint density at radius 1 is 1.24 bits per heavy atom. The van der Waals surface area contributed by atoms with E-state index in [1.54, 1.807) is 0 Å². The first kappa shape index (κ1) is 16.0. The molecule has 0 heterocycles. The van der Waals surface area contributed by atoms with E-state index in [4.69, 9.17) is 5.26 Å². The van der Waals surface area contributed by atoms with Gasteiger partial charge in [0.05, 0.1) is 6.07 Å². The number of unbranched alkanes of at least 4 members (excludes halogenated alkanes) is 2. The van der Waals surface area contributed by atoms with E-state index in [1.165, 1.54) is 16.7 Å². The van der Waals surface area contributed by atoms with Crippen molar-refractivity contribution in [2.24, 2.45) is 0 Å². The molecule has 0 aliphatic heterocycles. The quantitative estimate of drug-likeness (QED) is 0.787. The van der Waals surface area contributed by atoms with E-state index < -0.39 is 0 Å². The highest BCUT2D eigenvalue weighted by Crippen LogP contribution is 2.09. The van der Waals surface area contributed by atoms with E-state index in [1.807, 2.05) is 0 Å². The minimum absolute atomic E-state index is 0. The van der Waals surface area contributed by atoms with Crippen molar-refractivity contribution in [2.75, 3.05) is 6.54 Å². The molecule has 1 aromatic carbocycles. The largest absolute Gasteiger partial charge is 0.313 e. The molecule has 1 aromatic rings. The standard InChI is InChI=1S/C14H20N2.ClH/c1-12-6-7-14(13(2)10-12)11-16-9-5-3-4-8-15;/h6-7,10,16H,3-5,9,11H2,1-2H3;1H. The van der Waals surface area contributed by atoms with Gasteiger partial charge in [-0.25, -0.2) is 0 Å². The summed E-state index contributed by atoms with van der Waals surface area (Å²) in [4.78, 5) is 0. The van der Waals surface area contributed by atoms with Crippen molar-refractivity contribution in [1.29, 1.82) is 5.26 Å². The fourth-order valence-electron chi connectivity index (χ4n) is 1.72. The van der Waals surface area contributed by atoms with E-state index >= 15 is 0 Å². The van der Waals surface area contributed by atoms with Gasteiger partial charge in [0.2, 0.25) is 0 Å². The number of nitrogens with zero attached hydrogens (tertiary/aromatic N) is 1. The molecule has 0 fully saturated rings. The van der Waals surface area contributed by atoms with Crippen molar-refractivity contribution in [3.05, 3.63) is 34.9 Å². The van der Waals surface area contributed by atoms with Crippen molar-refractivity contribution < 1.29 is 0 Å². The zero-order valence-corrected chi connectivity index (χ0v) is 11.4. The van der Waals surface area contributed by atoms with Crippen LogP contribution in [0, 0.1) is 25.2 Å². The van der Waals surface area contributed by atoms with Crippen molar-refractivity contribution in [3.8, 4) is 6.07 Å². The van der Waals surface area contributed by atoms with Gasteiger partial charge in [-0.1, -0.05) is 23.8 Å². The summed E-state index contributed by atoms with van der Waals surface area (Å²) in [5, 5.41) is 11.8. The SMILES string of the molecule is Cc1ccc(CNCCCCC#N)c(C)c1.Cl. The summed E-state index contributed by atoms with van der Waals surface area (Å²) in [5.74, 6) is 0. The van der Waals surface area contributed by atoms with Gasteiger partial charge in [0, 0.05) is 13.0 Å². The van der Waals surface area contributed by atoms with E-state index in [9.17, 15) is 0 Å². The Hall–Kier alpha value is -1.04. The molecule has 0 unspecified atom stereocenters. The second-order valence-electron chi connectivity index (χ2n) is 4.22. The van der Waals surface area contributed by atoms with E-state index in [0.29, 0.717) is 6.42 Å². The lowest BCUT2D eigenvalue weighted by Gasteiger charge is -2.08. The van der Waals surface area contributed by atoms with E-state index in [2.05, 4.69) is 43.4 Å². The van der Waals surface area contributed by atoms with Gasteiger partial charge in [0.1, 0.15) is 0 Å². The predicted molar refractivity (Wildman–Crippen MR) is 74.3 cm³/mol. The first-order valence-corrected chi connectivity index (χ1v) is 5.88. The van der Waals surface area contributed by atoms with Gasteiger partial charge in [-0.05, 0) is 44.4 Å². The number of nitriles is 1. The molecule has 0 radical (unpaired) electrons. The fourth-order valence-corrected chi connectivity index (χ4v) is 1.72. The molecule has 94 valence electrons. The van der Waals surface area contributed by atoms with Gasteiger partial charge in [-0.15, -0.1) is 12.4 Å². The van der Waals surface area contributed by atoms with Crippen LogP contribution < -0.4 is 5.32 Å². The van der Waals surface area contributed by atoms with Crippen LogP contribution >= 0.6 is 12.4 Å². The Morgan fingerprint density at radius 3 is 2.65 bits per heavy atom. The van der Waals surface area contributed by atoms with Crippen molar-refractivity contribution in [3.63, 3.8) is 0 Å². The zero-order chi connectivity index (χ0) is 11.8. The summed E-state index contributed by atoms with van der Waals surface area (Å²) in [6.45, 7) is 6.19. The lowest BCUT2D eigenvalue weighted by Crippen LogP contribution is -2.15. The second-order valence-corrected chi connectivity index (χ2v) is 4.22. The molecule has 0 saturated heterocycles. The van der Waals surface area contributed by atoms with Crippen molar-refractivity contribution in [2.45, 2.75) is 39.7 Å². The number of aryl methyl sites for hydroxylation is 2. The molecule has 0 aliphatic rings. The van der Waals surface area contributed by atoms with Gasteiger partial charge >= 0.3 is 0 Å². The number of hydrogen-bond donors (Lipinski definition) is 1. The van der Waals surface area contributed by atoms with Crippen LogP contribution in [0.3, 0.4) is 0 Å². The topological polar surface area (TPSA) is 35.8 Å². The number of hydrogen-bond acceptors (Lipinski definition) is 2. The van der Waals surface area contributed by atoms with Crippen molar-refractivity contribution in [1.82, 2.24) is 5.32 Å². The van der Waals surface area contributed by atoms with Gasteiger partial charge in [0.25, 0.3) is 0 Å². The van der Waals surface area contributed by atoms with Crippen LogP contribution in [0.25, 0.3) is 0 Å². The van der Waals surface area contributed by atoms with E-state index in [-0.39, 0.29) is 12.4 Å². The molecule has 0 bridgehead atoms. The van der Waals surface area contributed by atoms with Crippen LogP contribution in [0.2, 0.25) is 0 Å². The molecule has 2 nitrogen and oxygen atoms in total. The number of halogens is 1. The van der Waals surface area contributed by atoms with Crippen LogP contribution in [-0.4, -0.2) is 6.54 Å². The summed E-state index contributed by atoms with van der Waals surface area (Å²) in [5.41, 5.74) is 4.03. The molecule has 0 spiro atoms. The zero-order valence-electron chi connectivity index (χ0n) is 10.6. The summed E-state index contributed by atoms with van der Waals surface area (Å²) in [6.07, 6.45) is 2.75. The fraction of sp³-hybridized carbons (Fsp3) is 0.500. The maximum atomic E-state index is 8.39. The molecule has 0 amide bonds. The molecule has 0 aromatic heterocycles. The third kappa shape index (κ3) is 6.31. The smallest absolute Gasteiger partial charge is 0.0621 e. The van der Waals surface area contributed by atoms with Gasteiger partial charge < -0.3 is 5.32 Å². The average Bonchev–Trinajstić information content (AvgIpc) is 2.26. The molecule has 0 atom stereocenters. The molecule has 1 rings (SSSR count). The molecular formula is C14H21ClN2. The second kappa shape index (κ2) is 9.04. The normalized spacial score (nSPS) is 9.47. The highest BCUT2D eigenvalue weighted by atomic mass is 35.5. The third-order valence-corrected chi connectivity index (χ3v) is 2.71. The van der Waals surface area contributed by atoms with Gasteiger partial charge in [0.15, 0.2) is 0 Å². The summed E-state index contributed by atoms with van der Waals surface area (Å²) in [6, 6.07) is 8.72. The minimum atomic E-state index is 0. The Kier molecular flexibility index (Phi) is 8.49.